The Kier molecular flexibility index (Phi) is 4.50. The lowest BCUT2D eigenvalue weighted by Gasteiger charge is -2.34. The monoisotopic (exact) mass is 391 g/mol. The maximum absolute atomic E-state index is 13.2. The van der Waals surface area contributed by atoms with Crippen LogP contribution in [0.25, 0.3) is 0 Å². The van der Waals surface area contributed by atoms with Gasteiger partial charge in [-0.15, -0.1) is 0 Å². The van der Waals surface area contributed by atoms with Gasteiger partial charge in [0, 0.05) is 45.1 Å². The van der Waals surface area contributed by atoms with Crippen LogP contribution in [0.3, 0.4) is 0 Å². The quantitative estimate of drug-likeness (QED) is 0.775. The van der Waals surface area contributed by atoms with Crippen molar-refractivity contribution in [2.75, 3.05) is 31.1 Å². The van der Waals surface area contributed by atoms with Crippen molar-refractivity contribution < 1.29 is 18.0 Å². The highest BCUT2D eigenvalue weighted by Crippen LogP contribution is 2.41. The van der Waals surface area contributed by atoms with E-state index >= 15 is 0 Å². The van der Waals surface area contributed by atoms with Gasteiger partial charge in [0.1, 0.15) is 0 Å². The van der Waals surface area contributed by atoms with E-state index < -0.39 is 10.0 Å². The number of amides is 2. The van der Waals surface area contributed by atoms with Gasteiger partial charge in [-0.1, -0.05) is 6.92 Å². The number of benzene rings is 1. The molecule has 1 atom stereocenters. The topological polar surface area (TPSA) is 78.0 Å². The Hall–Kier alpha value is -1.93. The summed E-state index contributed by atoms with van der Waals surface area (Å²) in [5, 5.41) is 0. The molecule has 3 aliphatic rings. The normalized spacial score (nSPS) is 22.9. The summed E-state index contributed by atoms with van der Waals surface area (Å²) < 4.78 is 27.9. The number of hydrogen-bond donors (Lipinski definition) is 0. The SMILES string of the molecule is CCC(=O)N1CCN(S(=O)(=O)c2cc3c4c(c2)C[C@H](C)N4C(=O)CC3)CC1. The molecule has 0 spiro atoms. The molecular formula is C19H25N3O4S. The highest BCUT2D eigenvalue weighted by molar-refractivity contribution is 7.89. The Labute approximate surface area is 160 Å². The zero-order chi connectivity index (χ0) is 19.3. The van der Waals surface area contributed by atoms with Crippen LogP contribution in [-0.2, 0) is 32.5 Å². The third kappa shape index (κ3) is 2.95. The van der Waals surface area contributed by atoms with Crippen molar-refractivity contribution in [1.82, 2.24) is 9.21 Å². The van der Waals surface area contributed by atoms with Crippen molar-refractivity contribution in [3.8, 4) is 0 Å². The number of piperazine rings is 1. The highest BCUT2D eigenvalue weighted by Gasteiger charge is 2.38. The van der Waals surface area contributed by atoms with Crippen LogP contribution in [0.5, 0.6) is 0 Å². The summed E-state index contributed by atoms with van der Waals surface area (Å²) >= 11 is 0. The zero-order valence-electron chi connectivity index (χ0n) is 15.8. The van der Waals surface area contributed by atoms with Gasteiger partial charge in [-0.25, -0.2) is 8.42 Å². The van der Waals surface area contributed by atoms with E-state index in [0.29, 0.717) is 56.8 Å². The first-order chi connectivity index (χ1) is 12.8. The molecule has 1 saturated heterocycles. The number of anilines is 1. The predicted molar refractivity (Wildman–Crippen MR) is 101 cm³/mol. The third-order valence-electron chi connectivity index (χ3n) is 5.85. The molecule has 0 aliphatic carbocycles. The van der Waals surface area contributed by atoms with Gasteiger partial charge in [-0.3, -0.25) is 9.59 Å². The van der Waals surface area contributed by atoms with Gasteiger partial charge in [0.2, 0.25) is 21.8 Å². The van der Waals surface area contributed by atoms with Crippen LogP contribution >= 0.6 is 0 Å². The van der Waals surface area contributed by atoms with Crippen molar-refractivity contribution in [2.45, 2.75) is 50.5 Å². The molecule has 1 aromatic rings. The summed E-state index contributed by atoms with van der Waals surface area (Å²) in [5.74, 6) is 0.189. The second-order valence-corrected chi connectivity index (χ2v) is 9.48. The number of aryl methyl sites for hydroxylation is 1. The van der Waals surface area contributed by atoms with E-state index in [9.17, 15) is 18.0 Å². The Morgan fingerprint density at radius 1 is 1.11 bits per heavy atom. The molecule has 0 unspecified atom stereocenters. The van der Waals surface area contributed by atoms with Crippen LogP contribution in [-0.4, -0.2) is 61.7 Å². The van der Waals surface area contributed by atoms with E-state index in [2.05, 4.69) is 0 Å². The minimum atomic E-state index is -3.60. The van der Waals surface area contributed by atoms with Crippen LogP contribution < -0.4 is 4.90 Å². The van der Waals surface area contributed by atoms with Gasteiger partial charge >= 0.3 is 0 Å². The standard InChI is InChI=1S/C19H25N3O4S/c1-3-17(23)20-6-8-21(9-7-20)27(25,26)16-11-14-4-5-18(24)22-13(2)10-15(12-16)19(14)22/h11-13H,3-10H2,1-2H3/t13-/m0/s1. The average Bonchev–Trinajstić information content (AvgIpc) is 3.01. The second-order valence-electron chi connectivity index (χ2n) is 7.55. The summed E-state index contributed by atoms with van der Waals surface area (Å²) in [7, 11) is -3.60. The summed E-state index contributed by atoms with van der Waals surface area (Å²) in [6.07, 6.45) is 2.15. The molecule has 0 N–H and O–H groups in total. The Morgan fingerprint density at radius 2 is 1.78 bits per heavy atom. The van der Waals surface area contributed by atoms with Crippen LogP contribution in [0.15, 0.2) is 17.0 Å². The van der Waals surface area contributed by atoms with Gasteiger partial charge in [0.15, 0.2) is 0 Å². The Bertz CT molecular complexity index is 904. The lowest BCUT2D eigenvalue weighted by Crippen LogP contribution is -2.50. The van der Waals surface area contributed by atoms with Crippen molar-refractivity contribution in [3.63, 3.8) is 0 Å². The molecule has 0 radical (unpaired) electrons. The number of hydrogen-bond acceptors (Lipinski definition) is 4. The molecule has 146 valence electrons. The molecule has 1 aromatic carbocycles. The first-order valence-electron chi connectivity index (χ1n) is 9.58. The first-order valence-corrected chi connectivity index (χ1v) is 11.0. The predicted octanol–water partition coefficient (Wildman–Crippen LogP) is 1.15. The maximum Gasteiger partial charge on any atom is 0.243 e. The summed E-state index contributed by atoms with van der Waals surface area (Å²) in [5.41, 5.74) is 2.83. The van der Waals surface area contributed by atoms with Gasteiger partial charge in [0.05, 0.1) is 10.6 Å². The minimum absolute atomic E-state index is 0.0627. The Morgan fingerprint density at radius 3 is 2.44 bits per heavy atom. The van der Waals surface area contributed by atoms with Crippen molar-refractivity contribution in [3.05, 3.63) is 23.3 Å². The van der Waals surface area contributed by atoms with Gasteiger partial charge < -0.3 is 9.80 Å². The molecule has 27 heavy (non-hydrogen) atoms. The van der Waals surface area contributed by atoms with Crippen molar-refractivity contribution in [1.29, 1.82) is 0 Å². The van der Waals surface area contributed by atoms with Crippen LogP contribution in [0, 0.1) is 0 Å². The van der Waals surface area contributed by atoms with Crippen molar-refractivity contribution >= 4 is 27.5 Å². The summed E-state index contributed by atoms with van der Waals surface area (Å²) in [6.45, 7) is 5.33. The molecular weight excluding hydrogens is 366 g/mol. The molecule has 0 aromatic heterocycles. The van der Waals surface area contributed by atoms with E-state index in [1.165, 1.54) is 4.31 Å². The molecule has 3 aliphatic heterocycles. The lowest BCUT2D eigenvalue weighted by molar-refractivity contribution is -0.132. The highest BCUT2D eigenvalue weighted by atomic mass is 32.2. The molecule has 3 heterocycles. The minimum Gasteiger partial charge on any atom is -0.340 e. The van der Waals surface area contributed by atoms with Gasteiger partial charge in [-0.2, -0.15) is 4.31 Å². The zero-order valence-corrected chi connectivity index (χ0v) is 16.6. The number of rotatable bonds is 3. The van der Waals surface area contributed by atoms with E-state index in [1.807, 2.05) is 18.7 Å². The fraction of sp³-hybridized carbons (Fsp3) is 0.579. The molecule has 1 fully saturated rings. The Balaban J connectivity index is 1.62. The number of carbonyl (C=O) groups excluding carboxylic acids is 2. The van der Waals surface area contributed by atoms with E-state index in [0.717, 1.165) is 16.8 Å². The maximum atomic E-state index is 13.2. The molecule has 8 heteroatoms. The molecule has 2 amide bonds. The molecule has 7 nitrogen and oxygen atoms in total. The van der Waals surface area contributed by atoms with E-state index in [-0.39, 0.29) is 17.9 Å². The largest absolute Gasteiger partial charge is 0.340 e. The second kappa shape index (κ2) is 6.60. The summed E-state index contributed by atoms with van der Waals surface area (Å²) in [6, 6.07) is 3.57. The van der Waals surface area contributed by atoms with E-state index in [1.54, 1.807) is 17.0 Å². The fourth-order valence-electron chi connectivity index (χ4n) is 4.45. The first kappa shape index (κ1) is 18.4. The van der Waals surface area contributed by atoms with Gasteiger partial charge in [0.25, 0.3) is 0 Å². The average molecular weight is 391 g/mol. The molecule has 0 bridgehead atoms. The number of sulfonamides is 1. The lowest BCUT2D eigenvalue weighted by atomic mass is 10.00. The smallest absolute Gasteiger partial charge is 0.243 e. The van der Waals surface area contributed by atoms with Gasteiger partial charge in [-0.05, 0) is 43.0 Å². The van der Waals surface area contributed by atoms with E-state index in [4.69, 9.17) is 0 Å². The van der Waals surface area contributed by atoms with Crippen LogP contribution in [0.4, 0.5) is 5.69 Å². The van der Waals surface area contributed by atoms with Crippen molar-refractivity contribution in [2.24, 2.45) is 0 Å². The molecule has 4 rings (SSSR count). The van der Waals surface area contributed by atoms with Crippen LogP contribution in [0.1, 0.15) is 37.8 Å². The fourth-order valence-corrected chi connectivity index (χ4v) is 5.97. The number of nitrogens with zero attached hydrogens (tertiary/aromatic N) is 3. The summed E-state index contributed by atoms with van der Waals surface area (Å²) in [4.78, 5) is 27.9. The number of carbonyl (C=O) groups is 2. The van der Waals surface area contributed by atoms with Crippen LogP contribution in [0.2, 0.25) is 0 Å². The third-order valence-corrected chi connectivity index (χ3v) is 7.72. The molecule has 0 saturated carbocycles.